The maximum atomic E-state index is 13.3. The number of aromatic nitrogens is 1. The summed E-state index contributed by atoms with van der Waals surface area (Å²) in [5, 5.41) is 3.33. The maximum Gasteiger partial charge on any atom is 0.274 e. The molecule has 2 atom stereocenters. The summed E-state index contributed by atoms with van der Waals surface area (Å²) in [5.41, 5.74) is 4.73. The van der Waals surface area contributed by atoms with Crippen molar-refractivity contribution < 1.29 is 4.79 Å². The van der Waals surface area contributed by atoms with E-state index < -0.39 is 0 Å². The molecule has 0 unspecified atom stereocenters. The zero-order chi connectivity index (χ0) is 22.9. The van der Waals surface area contributed by atoms with Crippen LogP contribution in [-0.2, 0) is 13.1 Å². The fourth-order valence-electron chi connectivity index (χ4n) is 5.12. The highest BCUT2D eigenvalue weighted by Gasteiger charge is 2.36. The predicted molar refractivity (Wildman–Crippen MR) is 132 cm³/mol. The van der Waals surface area contributed by atoms with Crippen molar-refractivity contribution in [2.24, 2.45) is 5.92 Å². The van der Waals surface area contributed by atoms with Gasteiger partial charge in [0.15, 0.2) is 0 Å². The Labute approximate surface area is 194 Å². The van der Waals surface area contributed by atoms with Crippen molar-refractivity contribution in [3.63, 3.8) is 0 Å². The van der Waals surface area contributed by atoms with E-state index in [0.29, 0.717) is 37.8 Å². The van der Waals surface area contributed by atoms with Crippen LogP contribution in [0.25, 0.3) is 0 Å². The second kappa shape index (κ2) is 8.77. The number of likely N-dealkylation sites (tertiary alicyclic amines) is 1. The van der Waals surface area contributed by atoms with E-state index in [1.807, 2.05) is 60.0 Å². The molecule has 3 aromatic rings. The van der Waals surface area contributed by atoms with Gasteiger partial charge in [0.25, 0.3) is 11.5 Å². The summed E-state index contributed by atoms with van der Waals surface area (Å²) in [6, 6.07) is 21.8. The summed E-state index contributed by atoms with van der Waals surface area (Å²) < 4.78 is 1.93. The number of fused-ring (bicyclic) bond motifs is 4. The summed E-state index contributed by atoms with van der Waals surface area (Å²) in [5.74, 6) is 0.584. The first kappa shape index (κ1) is 21.3. The molecule has 3 heterocycles. The van der Waals surface area contributed by atoms with Gasteiger partial charge in [-0.15, -0.1) is 0 Å². The normalized spacial score (nSPS) is 19.0. The Morgan fingerprint density at radius 1 is 0.970 bits per heavy atom. The Hall–Kier alpha value is -3.54. The largest absolute Gasteiger partial charge is 0.378 e. The summed E-state index contributed by atoms with van der Waals surface area (Å²) in [4.78, 5) is 30.3. The van der Waals surface area contributed by atoms with Crippen LogP contribution in [0.5, 0.6) is 0 Å². The summed E-state index contributed by atoms with van der Waals surface area (Å²) in [7, 11) is 4.04. The number of pyridine rings is 1. The molecule has 33 heavy (non-hydrogen) atoms. The van der Waals surface area contributed by atoms with E-state index in [2.05, 4.69) is 40.5 Å². The molecule has 0 saturated carbocycles. The van der Waals surface area contributed by atoms with Gasteiger partial charge in [0.1, 0.15) is 5.69 Å². The van der Waals surface area contributed by atoms with Gasteiger partial charge >= 0.3 is 0 Å². The van der Waals surface area contributed by atoms with Gasteiger partial charge in [-0.2, -0.15) is 0 Å². The Bertz CT molecular complexity index is 1200. The third-order valence-corrected chi connectivity index (χ3v) is 6.85. The summed E-state index contributed by atoms with van der Waals surface area (Å²) >= 11 is 0. The van der Waals surface area contributed by atoms with E-state index in [4.69, 9.17) is 0 Å². The highest BCUT2D eigenvalue weighted by molar-refractivity contribution is 5.94. The smallest absolute Gasteiger partial charge is 0.274 e. The van der Waals surface area contributed by atoms with E-state index >= 15 is 0 Å². The molecule has 0 spiro atoms. The van der Waals surface area contributed by atoms with Crippen molar-refractivity contribution >= 4 is 17.3 Å². The molecule has 0 aliphatic carbocycles. The van der Waals surface area contributed by atoms with Gasteiger partial charge in [0.2, 0.25) is 0 Å². The number of hydrogen-bond donors (Lipinski definition) is 1. The van der Waals surface area contributed by atoms with Crippen LogP contribution < -0.4 is 15.8 Å². The molecule has 2 aliphatic rings. The Kier molecular flexibility index (Phi) is 5.67. The maximum absolute atomic E-state index is 13.3. The van der Waals surface area contributed by atoms with Crippen molar-refractivity contribution in [1.82, 2.24) is 9.47 Å². The lowest BCUT2D eigenvalue weighted by atomic mass is 9.83. The first-order valence-electron chi connectivity index (χ1n) is 11.6. The number of benzene rings is 2. The molecule has 1 aromatic heterocycles. The molecular formula is C27H30N4O2. The zero-order valence-corrected chi connectivity index (χ0v) is 19.2. The molecule has 1 N–H and O–H groups in total. The average molecular weight is 443 g/mol. The van der Waals surface area contributed by atoms with Crippen LogP contribution in [0.2, 0.25) is 0 Å². The number of nitrogens with one attached hydrogen (secondary N) is 1. The van der Waals surface area contributed by atoms with E-state index in [0.717, 1.165) is 28.9 Å². The van der Waals surface area contributed by atoms with Gasteiger partial charge in [0.05, 0.1) is 0 Å². The minimum absolute atomic E-state index is 0.0370. The van der Waals surface area contributed by atoms with Gasteiger partial charge < -0.3 is 19.7 Å². The SMILES string of the molecule is CN(C)c1ccc(CNc2ccc3n(c2=O)C[C@H]2C[C@@H]3CN(C(=O)c3ccccc3)C2)cc1. The number of piperidine rings is 1. The van der Waals surface area contributed by atoms with E-state index in [9.17, 15) is 9.59 Å². The quantitative estimate of drug-likeness (QED) is 0.653. The minimum atomic E-state index is 0.0370. The number of nitrogens with zero attached hydrogens (tertiary/aromatic N) is 3. The molecule has 1 amide bonds. The number of carbonyl (C=O) groups excluding carboxylic acids is 1. The van der Waals surface area contributed by atoms with E-state index in [1.165, 1.54) is 0 Å². The molecule has 2 bridgehead atoms. The van der Waals surface area contributed by atoms with Crippen LogP contribution in [0.3, 0.4) is 0 Å². The fraction of sp³-hybridized carbons (Fsp3) is 0.333. The van der Waals surface area contributed by atoms with Crippen LogP contribution >= 0.6 is 0 Å². The highest BCUT2D eigenvalue weighted by Crippen LogP contribution is 2.36. The standard InChI is InChI=1S/C27H30N4O2/c1-29(2)23-10-8-19(9-11-23)15-28-24-12-13-25-22-14-20(17-31(25)27(24)33)16-30(18-22)26(32)21-6-4-3-5-7-21/h3-13,20,22,28H,14-18H2,1-2H3/t20-,22+/m0/s1. The van der Waals surface area contributed by atoms with Gasteiger partial charge in [-0.05, 0) is 54.3 Å². The molecule has 170 valence electrons. The molecule has 6 heteroatoms. The second-order valence-electron chi connectivity index (χ2n) is 9.38. The predicted octanol–water partition coefficient (Wildman–Crippen LogP) is 3.79. The first-order chi connectivity index (χ1) is 16.0. The van der Waals surface area contributed by atoms with Crippen LogP contribution in [0.4, 0.5) is 11.4 Å². The summed E-state index contributed by atoms with van der Waals surface area (Å²) in [6.07, 6.45) is 1.03. The number of rotatable bonds is 5. The lowest BCUT2D eigenvalue weighted by molar-refractivity contribution is 0.0594. The third-order valence-electron chi connectivity index (χ3n) is 6.85. The lowest BCUT2D eigenvalue weighted by Crippen LogP contribution is -2.49. The molecule has 1 saturated heterocycles. The number of anilines is 2. The second-order valence-corrected chi connectivity index (χ2v) is 9.38. The number of carbonyl (C=O) groups is 1. The van der Waals surface area contributed by atoms with E-state index in [1.54, 1.807) is 0 Å². The van der Waals surface area contributed by atoms with E-state index in [-0.39, 0.29) is 17.4 Å². The third kappa shape index (κ3) is 4.25. The van der Waals surface area contributed by atoms with Crippen LogP contribution in [0, 0.1) is 5.92 Å². The molecule has 2 aromatic carbocycles. The molecule has 0 radical (unpaired) electrons. The monoisotopic (exact) mass is 442 g/mol. The lowest BCUT2D eigenvalue weighted by Gasteiger charge is -2.43. The zero-order valence-electron chi connectivity index (χ0n) is 19.2. The van der Waals surface area contributed by atoms with Gasteiger partial charge in [-0.25, -0.2) is 0 Å². The van der Waals surface area contributed by atoms with Crippen molar-refractivity contribution in [3.8, 4) is 0 Å². The minimum Gasteiger partial charge on any atom is -0.378 e. The topological polar surface area (TPSA) is 57.6 Å². The van der Waals surface area contributed by atoms with Crippen LogP contribution in [0.1, 0.15) is 34.0 Å². The molecular weight excluding hydrogens is 412 g/mol. The average Bonchev–Trinajstić information content (AvgIpc) is 2.84. The number of amides is 1. The Balaban J connectivity index is 1.31. The van der Waals surface area contributed by atoms with Gasteiger partial charge in [-0.3, -0.25) is 9.59 Å². The van der Waals surface area contributed by atoms with Gasteiger partial charge in [0, 0.05) is 63.1 Å². The first-order valence-corrected chi connectivity index (χ1v) is 11.6. The Morgan fingerprint density at radius 2 is 1.73 bits per heavy atom. The molecule has 6 nitrogen and oxygen atoms in total. The van der Waals surface area contributed by atoms with Crippen molar-refractivity contribution in [2.45, 2.75) is 25.4 Å². The summed E-state index contributed by atoms with van der Waals surface area (Å²) in [6.45, 7) is 2.63. The van der Waals surface area contributed by atoms with Crippen molar-refractivity contribution in [2.75, 3.05) is 37.4 Å². The van der Waals surface area contributed by atoms with Crippen molar-refractivity contribution in [3.05, 3.63) is 93.9 Å². The van der Waals surface area contributed by atoms with Crippen LogP contribution in [0.15, 0.2) is 71.5 Å². The highest BCUT2D eigenvalue weighted by atomic mass is 16.2. The molecule has 2 aliphatic heterocycles. The van der Waals surface area contributed by atoms with Gasteiger partial charge in [-0.1, -0.05) is 30.3 Å². The number of hydrogen-bond acceptors (Lipinski definition) is 4. The van der Waals surface area contributed by atoms with Crippen LogP contribution in [-0.4, -0.2) is 42.6 Å². The van der Waals surface area contributed by atoms with Crippen molar-refractivity contribution in [1.29, 1.82) is 0 Å². The fourth-order valence-corrected chi connectivity index (χ4v) is 5.12. The molecule has 5 rings (SSSR count). The molecule has 1 fully saturated rings. The Morgan fingerprint density at radius 3 is 2.45 bits per heavy atom.